The van der Waals surface area contributed by atoms with E-state index in [1.54, 1.807) is 31.2 Å². The molecule has 8 nitrogen and oxygen atoms in total. The molecule has 1 aromatic heterocycles. The maximum absolute atomic E-state index is 12.7. The first-order valence-corrected chi connectivity index (χ1v) is 12.5. The molecule has 4 rings (SSSR count). The first-order chi connectivity index (χ1) is 17.5. The zero-order valence-corrected chi connectivity index (χ0v) is 20.9. The van der Waals surface area contributed by atoms with Gasteiger partial charge in [-0.15, -0.1) is 10.2 Å². The van der Waals surface area contributed by atoms with Crippen molar-refractivity contribution in [2.24, 2.45) is 0 Å². The summed E-state index contributed by atoms with van der Waals surface area (Å²) < 4.78 is 6.97. The number of nitrogens with one attached hydrogen (secondary N) is 2. The Labute approximate surface area is 214 Å². The normalized spacial score (nSPS) is 10.6. The van der Waals surface area contributed by atoms with Gasteiger partial charge in [0.25, 0.3) is 0 Å². The summed E-state index contributed by atoms with van der Waals surface area (Å²) >= 11 is 1.29. The molecule has 0 fully saturated rings. The topological polar surface area (TPSA) is 98.1 Å². The number of amides is 1. The molecular formula is C27H27N5O3S. The number of aromatic nitrogens is 3. The van der Waals surface area contributed by atoms with Crippen molar-refractivity contribution in [1.82, 2.24) is 14.8 Å². The molecule has 3 aromatic carbocycles. The van der Waals surface area contributed by atoms with Gasteiger partial charge in [-0.2, -0.15) is 0 Å². The highest BCUT2D eigenvalue weighted by Gasteiger charge is 2.16. The second-order valence-corrected chi connectivity index (χ2v) is 8.87. The third kappa shape index (κ3) is 6.51. The average molecular weight is 502 g/mol. The fourth-order valence-electron chi connectivity index (χ4n) is 3.55. The van der Waals surface area contributed by atoms with Crippen molar-refractivity contribution in [3.8, 4) is 5.69 Å². The molecule has 0 aliphatic carbocycles. The van der Waals surface area contributed by atoms with Crippen LogP contribution in [0.25, 0.3) is 5.69 Å². The number of para-hydroxylation sites is 1. The number of hydrogen-bond donors (Lipinski definition) is 2. The molecule has 0 saturated heterocycles. The number of ether oxygens (including phenoxy) is 1. The van der Waals surface area contributed by atoms with Crippen molar-refractivity contribution < 1.29 is 14.3 Å². The number of nitrogens with zero attached hydrogens (tertiary/aromatic N) is 3. The van der Waals surface area contributed by atoms with Crippen LogP contribution in [0.3, 0.4) is 0 Å². The van der Waals surface area contributed by atoms with E-state index in [2.05, 4.69) is 26.9 Å². The van der Waals surface area contributed by atoms with E-state index >= 15 is 0 Å². The van der Waals surface area contributed by atoms with Crippen LogP contribution >= 0.6 is 11.8 Å². The SMILES string of the molecule is CCOC(=O)c1cccc(NC(=O)CSc2nnc(CNc3cccc(C)c3)n2-c2ccccc2)c1. The third-order valence-electron chi connectivity index (χ3n) is 5.17. The van der Waals surface area contributed by atoms with Crippen molar-refractivity contribution >= 4 is 35.0 Å². The lowest BCUT2D eigenvalue weighted by Crippen LogP contribution is -2.15. The van der Waals surface area contributed by atoms with Gasteiger partial charge in [-0.25, -0.2) is 4.79 Å². The van der Waals surface area contributed by atoms with Gasteiger partial charge in [0.1, 0.15) is 0 Å². The van der Waals surface area contributed by atoms with Crippen LogP contribution in [0.1, 0.15) is 28.7 Å². The lowest BCUT2D eigenvalue weighted by Gasteiger charge is -2.12. The maximum Gasteiger partial charge on any atom is 0.338 e. The molecule has 0 aliphatic heterocycles. The van der Waals surface area contributed by atoms with Crippen LogP contribution in [0.5, 0.6) is 0 Å². The Morgan fingerprint density at radius 3 is 2.50 bits per heavy atom. The first-order valence-electron chi connectivity index (χ1n) is 11.5. The number of anilines is 2. The van der Waals surface area contributed by atoms with Gasteiger partial charge in [0.2, 0.25) is 5.91 Å². The third-order valence-corrected chi connectivity index (χ3v) is 6.10. The molecule has 1 heterocycles. The summed E-state index contributed by atoms with van der Waals surface area (Å²) in [6.07, 6.45) is 0. The summed E-state index contributed by atoms with van der Waals surface area (Å²) in [6.45, 7) is 4.55. The van der Waals surface area contributed by atoms with Crippen LogP contribution in [0.15, 0.2) is 84.0 Å². The lowest BCUT2D eigenvalue weighted by atomic mass is 10.2. The summed E-state index contributed by atoms with van der Waals surface area (Å²) in [6, 6.07) is 24.6. The zero-order valence-electron chi connectivity index (χ0n) is 20.1. The lowest BCUT2D eigenvalue weighted by molar-refractivity contribution is -0.113. The second-order valence-electron chi connectivity index (χ2n) is 7.93. The molecule has 0 spiro atoms. The predicted octanol–water partition coefficient (Wildman–Crippen LogP) is 5.10. The number of thioether (sulfide) groups is 1. The molecule has 0 unspecified atom stereocenters. The molecule has 0 radical (unpaired) electrons. The Hall–Kier alpha value is -4.11. The van der Waals surface area contributed by atoms with E-state index in [-0.39, 0.29) is 18.3 Å². The number of esters is 1. The number of carbonyl (C=O) groups excluding carboxylic acids is 2. The number of hydrogen-bond acceptors (Lipinski definition) is 7. The second kappa shape index (κ2) is 12.0. The van der Waals surface area contributed by atoms with Crippen molar-refractivity contribution in [1.29, 1.82) is 0 Å². The fourth-order valence-corrected chi connectivity index (χ4v) is 4.32. The van der Waals surface area contributed by atoms with Gasteiger partial charge >= 0.3 is 5.97 Å². The van der Waals surface area contributed by atoms with Crippen LogP contribution in [-0.4, -0.2) is 39.0 Å². The first kappa shape index (κ1) is 25.0. The van der Waals surface area contributed by atoms with E-state index in [0.29, 0.717) is 23.0 Å². The molecule has 2 N–H and O–H groups in total. The Bertz CT molecular complexity index is 1340. The van der Waals surface area contributed by atoms with Crippen molar-refractivity contribution in [3.63, 3.8) is 0 Å². The van der Waals surface area contributed by atoms with Crippen LogP contribution in [0, 0.1) is 6.92 Å². The Morgan fingerprint density at radius 2 is 1.72 bits per heavy atom. The van der Waals surface area contributed by atoms with Crippen molar-refractivity contribution in [3.05, 3.63) is 95.8 Å². The van der Waals surface area contributed by atoms with E-state index in [1.807, 2.05) is 60.0 Å². The highest BCUT2D eigenvalue weighted by molar-refractivity contribution is 7.99. The van der Waals surface area contributed by atoms with Gasteiger partial charge in [-0.1, -0.05) is 48.2 Å². The molecule has 0 aliphatic rings. The van der Waals surface area contributed by atoms with Gasteiger partial charge in [0.15, 0.2) is 11.0 Å². The molecule has 0 bridgehead atoms. The van der Waals surface area contributed by atoms with Gasteiger partial charge in [0, 0.05) is 17.1 Å². The van der Waals surface area contributed by atoms with E-state index in [1.165, 1.54) is 17.3 Å². The van der Waals surface area contributed by atoms with Gasteiger partial charge in [-0.3, -0.25) is 9.36 Å². The van der Waals surface area contributed by atoms with Crippen LogP contribution < -0.4 is 10.6 Å². The number of carbonyl (C=O) groups is 2. The molecule has 184 valence electrons. The standard InChI is InChI=1S/C27H27N5O3S/c1-3-35-26(34)20-10-8-12-22(16-20)29-25(33)18-36-27-31-30-24(32(27)23-13-5-4-6-14-23)17-28-21-11-7-9-19(2)15-21/h4-16,28H,3,17-18H2,1-2H3,(H,29,33). The minimum absolute atomic E-state index is 0.125. The average Bonchev–Trinajstić information content (AvgIpc) is 3.30. The Morgan fingerprint density at radius 1 is 0.944 bits per heavy atom. The quantitative estimate of drug-likeness (QED) is 0.231. The zero-order chi connectivity index (χ0) is 25.3. The molecule has 9 heteroatoms. The molecule has 4 aromatic rings. The smallest absolute Gasteiger partial charge is 0.338 e. The minimum atomic E-state index is -0.425. The van der Waals surface area contributed by atoms with Crippen molar-refractivity contribution in [2.75, 3.05) is 23.0 Å². The Kier molecular flexibility index (Phi) is 8.36. The summed E-state index contributed by atoms with van der Waals surface area (Å²) in [5, 5.41) is 15.6. The van der Waals surface area contributed by atoms with Gasteiger partial charge in [0.05, 0.1) is 24.5 Å². The summed E-state index contributed by atoms with van der Waals surface area (Å²) in [7, 11) is 0. The molecule has 36 heavy (non-hydrogen) atoms. The maximum atomic E-state index is 12.7. The molecule has 1 amide bonds. The van der Waals surface area contributed by atoms with Gasteiger partial charge in [-0.05, 0) is 61.9 Å². The number of rotatable bonds is 10. The van der Waals surface area contributed by atoms with E-state index in [4.69, 9.17) is 4.74 Å². The van der Waals surface area contributed by atoms with Crippen LogP contribution in [-0.2, 0) is 16.1 Å². The Balaban J connectivity index is 1.46. The highest BCUT2D eigenvalue weighted by Crippen LogP contribution is 2.23. The van der Waals surface area contributed by atoms with Gasteiger partial charge < -0.3 is 15.4 Å². The molecule has 0 atom stereocenters. The van der Waals surface area contributed by atoms with E-state index in [0.717, 1.165) is 17.2 Å². The highest BCUT2D eigenvalue weighted by atomic mass is 32.2. The number of benzene rings is 3. The molecule has 0 saturated carbocycles. The van der Waals surface area contributed by atoms with Crippen LogP contribution in [0.4, 0.5) is 11.4 Å². The predicted molar refractivity (Wildman–Crippen MR) is 142 cm³/mol. The molecular weight excluding hydrogens is 474 g/mol. The summed E-state index contributed by atoms with van der Waals surface area (Å²) in [5.74, 6) is 0.210. The minimum Gasteiger partial charge on any atom is -0.462 e. The largest absolute Gasteiger partial charge is 0.462 e. The fraction of sp³-hybridized carbons (Fsp3) is 0.185. The summed E-state index contributed by atoms with van der Waals surface area (Å²) in [4.78, 5) is 24.6. The number of aryl methyl sites for hydroxylation is 1. The monoisotopic (exact) mass is 501 g/mol. The van der Waals surface area contributed by atoms with E-state index < -0.39 is 5.97 Å². The van der Waals surface area contributed by atoms with Crippen LogP contribution in [0.2, 0.25) is 0 Å². The van der Waals surface area contributed by atoms with Crippen molar-refractivity contribution in [2.45, 2.75) is 25.5 Å². The summed E-state index contributed by atoms with van der Waals surface area (Å²) in [5.41, 5.74) is 3.99. The van der Waals surface area contributed by atoms with E-state index in [9.17, 15) is 9.59 Å².